The molecule has 0 fully saturated rings. The summed E-state index contributed by atoms with van der Waals surface area (Å²) in [5.41, 5.74) is 2.62. The number of imidazole rings is 1. The molecule has 140 valence electrons. The molecule has 0 radical (unpaired) electrons. The van der Waals surface area contributed by atoms with Gasteiger partial charge in [-0.3, -0.25) is 4.79 Å². The maximum atomic E-state index is 12.1. The molecule has 3 aromatic rings. The highest BCUT2D eigenvalue weighted by atomic mass is 35.5. The van der Waals surface area contributed by atoms with Crippen molar-refractivity contribution in [2.45, 2.75) is 26.3 Å². The number of carbonyl (C=O) groups excluding carboxylic acids is 1. The number of carboxylic acids is 1. The van der Waals surface area contributed by atoms with E-state index >= 15 is 0 Å². The van der Waals surface area contributed by atoms with Crippen molar-refractivity contribution in [2.75, 3.05) is 6.54 Å². The standard InChI is InChI=1S/C20H20ClN3O3/c1-2-24-17-7-6-14(20(26)27)12-16(17)23-18(24)8-9-22-19(25)11-13-4-3-5-15(21)10-13/h3-7,10,12H,2,8-9,11H2,1H3,(H,22,25)(H,26,27). The van der Waals surface area contributed by atoms with Crippen molar-refractivity contribution in [2.24, 2.45) is 0 Å². The van der Waals surface area contributed by atoms with Gasteiger partial charge in [0.25, 0.3) is 0 Å². The van der Waals surface area contributed by atoms with Crippen molar-refractivity contribution >= 4 is 34.5 Å². The first kappa shape index (κ1) is 18.9. The number of rotatable bonds is 7. The number of hydrogen-bond donors (Lipinski definition) is 2. The van der Waals surface area contributed by atoms with Crippen molar-refractivity contribution in [3.63, 3.8) is 0 Å². The number of carbonyl (C=O) groups is 2. The third-order valence-electron chi connectivity index (χ3n) is 4.31. The Hall–Kier alpha value is -2.86. The highest BCUT2D eigenvalue weighted by molar-refractivity contribution is 6.30. The van der Waals surface area contributed by atoms with E-state index in [9.17, 15) is 9.59 Å². The van der Waals surface area contributed by atoms with Crippen LogP contribution < -0.4 is 5.32 Å². The molecule has 0 aliphatic carbocycles. The van der Waals surface area contributed by atoms with Gasteiger partial charge in [-0.25, -0.2) is 9.78 Å². The summed E-state index contributed by atoms with van der Waals surface area (Å²) in [5, 5.41) is 12.6. The molecular formula is C20H20ClN3O3. The van der Waals surface area contributed by atoms with Gasteiger partial charge in [0.15, 0.2) is 0 Å². The fraction of sp³-hybridized carbons (Fsp3) is 0.250. The van der Waals surface area contributed by atoms with Crippen molar-refractivity contribution < 1.29 is 14.7 Å². The molecule has 1 amide bonds. The van der Waals surface area contributed by atoms with Crippen molar-refractivity contribution in [3.05, 3.63) is 64.4 Å². The Morgan fingerprint density at radius 1 is 1.22 bits per heavy atom. The van der Waals surface area contributed by atoms with Crippen LogP contribution in [-0.2, 0) is 24.2 Å². The summed E-state index contributed by atoms with van der Waals surface area (Å²) < 4.78 is 2.03. The number of aromatic nitrogens is 2. The predicted molar refractivity (Wildman–Crippen MR) is 104 cm³/mol. The van der Waals surface area contributed by atoms with E-state index in [4.69, 9.17) is 16.7 Å². The maximum Gasteiger partial charge on any atom is 0.335 e. The third-order valence-corrected chi connectivity index (χ3v) is 4.55. The molecule has 2 N–H and O–H groups in total. The minimum absolute atomic E-state index is 0.0791. The lowest BCUT2D eigenvalue weighted by Crippen LogP contribution is -2.27. The van der Waals surface area contributed by atoms with Crippen molar-refractivity contribution in [3.8, 4) is 0 Å². The zero-order valence-corrected chi connectivity index (χ0v) is 15.7. The van der Waals surface area contributed by atoms with Crippen LogP contribution in [0, 0.1) is 0 Å². The number of aryl methyl sites for hydroxylation is 1. The number of fused-ring (bicyclic) bond motifs is 1. The summed E-state index contributed by atoms with van der Waals surface area (Å²) in [6.07, 6.45) is 0.832. The van der Waals surface area contributed by atoms with Crippen LogP contribution in [0.4, 0.5) is 0 Å². The van der Waals surface area contributed by atoms with E-state index in [0.717, 1.165) is 16.9 Å². The number of nitrogens with one attached hydrogen (secondary N) is 1. The molecule has 0 aliphatic rings. The summed E-state index contributed by atoms with van der Waals surface area (Å²) >= 11 is 5.94. The first-order valence-corrected chi connectivity index (χ1v) is 9.09. The molecule has 0 unspecified atom stereocenters. The number of halogens is 1. The van der Waals surface area contributed by atoms with Crippen LogP contribution in [0.25, 0.3) is 11.0 Å². The summed E-state index contributed by atoms with van der Waals surface area (Å²) in [7, 11) is 0. The number of hydrogen-bond acceptors (Lipinski definition) is 3. The summed E-state index contributed by atoms with van der Waals surface area (Å²) in [4.78, 5) is 27.8. The van der Waals surface area contributed by atoms with Crippen LogP contribution >= 0.6 is 11.6 Å². The van der Waals surface area contributed by atoms with Crippen molar-refractivity contribution in [1.29, 1.82) is 0 Å². The normalized spacial score (nSPS) is 10.9. The average molecular weight is 386 g/mol. The fourth-order valence-electron chi connectivity index (χ4n) is 3.06. The molecule has 2 aromatic carbocycles. The quantitative estimate of drug-likeness (QED) is 0.653. The second-order valence-electron chi connectivity index (χ2n) is 6.19. The average Bonchev–Trinajstić information content (AvgIpc) is 2.98. The highest BCUT2D eigenvalue weighted by Crippen LogP contribution is 2.18. The predicted octanol–water partition coefficient (Wildman–Crippen LogP) is 3.31. The molecule has 6 nitrogen and oxygen atoms in total. The molecule has 3 rings (SSSR count). The zero-order chi connectivity index (χ0) is 19.4. The Kier molecular flexibility index (Phi) is 5.76. The molecule has 0 atom stereocenters. The molecule has 0 bridgehead atoms. The molecule has 0 saturated heterocycles. The van der Waals surface area contributed by atoms with Crippen LogP contribution in [-0.4, -0.2) is 33.1 Å². The van der Waals surface area contributed by atoms with E-state index in [-0.39, 0.29) is 17.9 Å². The zero-order valence-electron chi connectivity index (χ0n) is 14.9. The van der Waals surface area contributed by atoms with Crippen LogP contribution in [0.2, 0.25) is 5.02 Å². The smallest absolute Gasteiger partial charge is 0.335 e. The van der Waals surface area contributed by atoms with Crippen LogP contribution in [0.3, 0.4) is 0 Å². The molecule has 0 aliphatic heterocycles. The van der Waals surface area contributed by atoms with E-state index in [2.05, 4.69) is 10.3 Å². The lowest BCUT2D eigenvalue weighted by atomic mass is 10.1. The van der Waals surface area contributed by atoms with Crippen LogP contribution in [0.1, 0.15) is 28.7 Å². The number of benzene rings is 2. The van der Waals surface area contributed by atoms with E-state index in [1.165, 1.54) is 0 Å². The Morgan fingerprint density at radius 3 is 2.74 bits per heavy atom. The molecule has 0 spiro atoms. The highest BCUT2D eigenvalue weighted by Gasteiger charge is 2.12. The van der Waals surface area contributed by atoms with E-state index in [1.807, 2.05) is 23.6 Å². The minimum atomic E-state index is -0.974. The molecule has 0 saturated carbocycles. The van der Waals surface area contributed by atoms with Gasteiger partial charge >= 0.3 is 5.97 Å². The second kappa shape index (κ2) is 8.22. The largest absolute Gasteiger partial charge is 0.478 e. The van der Waals surface area contributed by atoms with Gasteiger partial charge in [0.2, 0.25) is 5.91 Å². The molecular weight excluding hydrogens is 366 g/mol. The van der Waals surface area contributed by atoms with Gasteiger partial charge in [0.1, 0.15) is 5.82 Å². The number of aromatic carboxylic acids is 1. The number of amides is 1. The Labute approximate surface area is 161 Å². The lowest BCUT2D eigenvalue weighted by molar-refractivity contribution is -0.120. The van der Waals surface area contributed by atoms with E-state index in [1.54, 1.807) is 30.3 Å². The maximum absolute atomic E-state index is 12.1. The first-order chi connectivity index (χ1) is 13.0. The Balaban J connectivity index is 1.65. The number of nitrogens with zero attached hydrogens (tertiary/aromatic N) is 2. The monoisotopic (exact) mass is 385 g/mol. The molecule has 27 heavy (non-hydrogen) atoms. The molecule has 7 heteroatoms. The summed E-state index contributed by atoms with van der Waals surface area (Å²) in [6, 6.07) is 12.2. The van der Waals surface area contributed by atoms with Gasteiger partial charge in [-0.1, -0.05) is 23.7 Å². The van der Waals surface area contributed by atoms with Gasteiger partial charge in [0.05, 0.1) is 23.0 Å². The van der Waals surface area contributed by atoms with Crippen molar-refractivity contribution in [1.82, 2.24) is 14.9 Å². The van der Waals surface area contributed by atoms with Gasteiger partial charge in [-0.2, -0.15) is 0 Å². The minimum Gasteiger partial charge on any atom is -0.478 e. The van der Waals surface area contributed by atoms with Gasteiger partial charge in [-0.05, 0) is 42.8 Å². The van der Waals surface area contributed by atoms with Crippen LogP contribution in [0.15, 0.2) is 42.5 Å². The molecule has 1 heterocycles. The van der Waals surface area contributed by atoms with E-state index < -0.39 is 5.97 Å². The fourth-order valence-corrected chi connectivity index (χ4v) is 3.28. The van der Waals surface area contributed by atoms with Crippen LogP contribution in [0.5, 0.6) is 0 Å². The summed E-state index contributed by atoms with van der Waals surface area (Å²) in [6.45, 7) is 3.18. The SMILES string of the molecule is CCn1c(CCNC(=O)Cc2cccc(Cl)c2)nc2cc(C(=O)O)ccc21. The summed E-state index contributed by atoms with van der Waals surface area (Å²) in [5.74, 6) is -0.236. The van der Waals surface area contributed by atoms with Gasteiger partial charge in [-0.15, -0.1) is 0 Å². The Bertz CT molecular complexity index is 997. The first-order valence-electron chi connectivity index (χ1n) is 8.71. The van der Waals surface area contributed by atoms with E-state index in [0.29, 0.717) is 30.0 Å². The second-order valence-corrected chi connectivity index (χ2v) is 6.62. The Morgan fingerprint density at radius 2 is 2.04 bits per heavy atom. The lowest BCUT2D eigenvalue weighted by Gasteiger charge is -2.08. The van der Waals surface area contributed by atoms with Gasteiger partial charge in [0, 0.05) is 24.5 Å². The molecule has 1 aromatic heterocycles. The van der Waals surface area contributed by atoms with Gasteiger partial charge < -0.3 is 15.0 Å². The topological polar surface area (TPSA) is 84.2 Å². The third kappa shape index (κ3) is 4.46. The number of carboxylic acid groups (broad SMARTS) is 1.